The monoisotopic (exact) mass is 888 g/mol. The van der Waals surface area contributed by atoms with Gasteiger partial charge in [0.15, 0.2) is 0 Å². The van der Waals surface area contributed by atoms with Crippen LogP contribution < -0.4 is 31.1 Å². The molecule has 2 atom stereocenters. The normalized spacial score (nSPS) is 22.1. The molecule has 13 rings (SSSR count). The van der Waals surface area contributed by atoms with E-state index in [1.54, 1.807) is 0 Å². The molecule has 68 heavy (non-hydrogen) atoms. The summed E-state index contributed by atoms with van der Waals surface area (Å²) < 4.78 is 0. The number of nitrogens with zero attached hydrogens (tertiary/aromatic N) is 3. The lowest BCUT2D eigenvalue weighted by atomic mass is 9.33. The molecule has 4 heteroatoms. The maximum absolute atomic E-state index is 2.76. The van der Waals surface area contributed by atoms with E-state index in [1.165, 1.54) is 131 Å². The Bertz CT molecular complexity index is 3280. The fourth-order valence-electron chi connectivity index (χ4n) is 14.5. The zero-order chi connectivity index (χ0) is 46.9. The molecule has 0 spiro atoms. The minimum absolute atomic E-state index is 0.0146. The molecule has 7 aromatic rings. The van der Waals surface area contributed by atoms with Crippen LogP contribution in [0.15, 0.2) is 133 Å². The highest BCUT2D eigenvalue weighted by molar-refractivity contribution is 7.00. The third kappa shape index (κ3) is 5.97. The zero-order valence-electron chi connectivity index (χ0n) is 42.1. The number of para-hydroxylation sites is 1. The maximum Gasteiger partial charge on any atom is 0.252 e. The molecule has 340 valence electrons. The van der Waals surface area contributed by atoms with Crippen molar-refractivity contribution in [2.75, 3.05) is 14.7 Å². The van der Waals surface area contributed by atoms with Crippen LogP contribution in [0.2, 0.25) is 0 Å². The highest BCUT2D eigenvalue weighted by Crippen LogP contribution is 2.62. The Labute approximate surface area is 406 Å². The first-order chi connectivity index (χ1) is 32.4. The topological polar surface area (TPSA) is 9.72 Å². The Morgan fingerprint density at radius 3 is 1.90 bits per heavy atom. The summed E-state index contributed by atoms with van der Waals surface area (Å²) in [5.41, 5.74) is 27.8. The Hall–Kier alpha value is -6.00. The third-order valence-electron chi connectivity index (χ3n) is 17.9. The van der Waals surface area contributed by atoms with Gasteiger partial charge < -0.3 is 14.7 Å². The number of hydrogen-bond acceptors (Lipinski definition) is 3. The zero-order valence-corrected chi connectivity index (χ0v) is 42.1. The second-order valence-corrected chi connectivity index (χ2v) is 24.9. The quantitative estimate of drug-likeness (QED) is 0.163. The summed E-state index contributed by atoms with van der Waals surface area (Å²) in [5.74, 6) is 0. The van der Waals surface area contributed by atoms with Crippen LogP contribution in [0.25, 0.3) is 11.1 Å². The average Bonchev–Trinajstić information content (AvgIpc) is 3.95. The molecule has 1 fully saturated rings. The van der Waals surface area contributed by atoms with Crippen LogP contribution in [0, 0.1) is 17.8 Å². The van der Waals surface area contributed by atoms with Crippen LogP contribution in [0.4, 0.5) is 45.5 Å². The summed E-state index contributed by atoms with van der Waals surface area (Å²) in [4.78, 5) is 8.13. The number of anilines is 8. The van der Waals surface area contributed by atoms with E-state index in [4.69, 9.17) is 0 Å². The summed E-state index contributed by atoms with van der Waals surface area (Å²) in [6.07, 6.45) is 8.08. The first-order valence-corrected chi connectivity index (χ1v) is 25.7. The van der Waals surface area contributed by atoms with Gasteiger partial charge in [-0.15, -0.1) is 0 Å². The van der Waals surface area contributed by atoms with Gasteiger partial charge in [-0.25, -0.2) is 0 Å². The van der Waals surface area contributed by atoms with Crippen LogP contribution in [0.3, 0.4) is 0 Å². The molecule has 3 aliphatic heterocycles. The molecule has 3 nitrogen and oxygen atoms in total. The molecule has 2 unspecified atom stereocenters. The van der Waals surface area contributed by atoms with Crippen LogP contribution in [0.1, 0.15) is 121 Å². The highest BCUT2D eigenvalue weighted by atomic mass is 15.3. The van der Waals surface area contributed by atoms with E-state index in [9.17, 15) is 0 Å². The van der Waals surface area contributed by atoms with Crippen LogP contribution in [-0.2, 0) is 36.5 Å². The average molecular weight is 888 g/mol. The van der Waals surface area contributed by atoms with Crippen molar-refractivity contribution in [3.63, 3.8) is 0 Å². The molecule has 3 heterocycles. The Morgan fingerprint density at radius 1 is 0.500 bits per heavy atom. The molecule has 0 saturated heterocycles. The summed E-state index contributed by atoms with van der Waals surface area (Å²) in [7, 11) is 0. The second kappa shape index (κ2) is 14.1. The molecule has 0 amide bonds. The lowest BCUT2D eigenvalue weighted by Gasteiger charge is -2.46. The minimum atomic E-state index is -0.0357. The fourth-order valence-corrected chi connectivity index (χ4v) is 14.5. The smallest absolute Gasteiger partial charge is 0.252 e. The van der Waals surface area contributed by atoms with E-state index in [2.05, 4.69) is 217 Å². The van der Waals surface area contributed by atoms with E-state index >= 15 is 0 Å². The van der Waals surface area contributed by atoms with Crippen LogP contribution in [0.5, 0.6) is 0 Å². The molecule has 3 aliphatic carbocycles. The maximum atomic E-state index is 2.76. The lowest BCUT2D eigenvalue weighted by molar-refractivity contribution is 0.330. The first kappa shape index (κ1) is 42.1. The largest absolute Gasteiger partial charge is 0.334 e. The van der Waals surface area contributed by atoms with E-state index < -0.39 is 0 Å². The molecule has 6 aliphatic rings. The van der Waals surface area contributed by atoms with Crippen molar-refractivity contribution in [2.24, 2.45) is 10.8 Å². The standard InChI is InChI=1S/C64H66BN3/c1-40-29-57-59-58(30-40)67(53-26-22-46(60(2,3)4)34-49(53)41-17-12-11-13-18-41)56-35-48(68-54-20-15-14-19-50(54)63(9)27-16-28-64(63,68)10)24-25-51(56)65(59)52-32-44-38-62(7,8)39-45(44)33-55(52)66(57)47-23-21-42-36-61(5,6)37-43(42)31-47/h11-15,17-26,29-35H,16,27-28,36-39H2,1-10H3. The molecule has 0 bridgehead atoms. The van der Waals surface area contributed by atoms with E-state index in [1.807, 2.05) is 0 Å². The van der Waals surface area contributed by atoms with Crippen molar-refractivity contribution in [3.8, 4) is 11.1 Å². The van der Waals surface area contributed by atoms with Crippen molar-refractivity contribution in [3.05, 3.63) is 172 Å². The van der Waals surface area contributed by atoms with Gasteiger partial charge in [-0.05, 0) is 190 Å². The highest BCUT2D eigenvalue weighted by Gasteiger charge is 2.59. The van der Waals surface area contributed by atoms with Gasteiger partial charge in [0.1, 0.15) is 0 Å². The van der Waals surface area contributed by atoms with Gasteiger partial charge in [-0.1, -0.05) is 135 Å². The van der Waals surface area contributed by atoms with E-state index in [0.717, 1.165) is 25.7 Å². The van der Waals surface area contributed by atoms with Crippen molar-refractivity contribution in [1.82, 2.24) is 0 Å². The lowest BCUT2D eigenvalue weighted by Crippen LogP contribution is -2.61. The summed E-state index contributed by atoms with van der Waals surface area (Å²) >= 11 is 0. The molecular formula is C64H66BN3. The van der Waals surface area contributed by atoms with Crippen LogP contribution >= 0.6 is 0 Å². The number of benzene rings is 7. The molecular weight excluding hydrogens is 822 g/mol. The second-order valence-electron chi connectivity index (χ2n) is 24.9. The van der Waals surface area contributed by atoms with Crippen molar-refractivity contribution in [1.29, 1.82) is 0 Å². The Morgan fingerprint density at radius 2 is 1.15 bits per heavy atom. The van der Waals surface area contributed by atoms with Crippen molar-refractivity contribution >= 4 is 68.6 Å². The van der Waals surface area contributed by atoms with Crippen molar-refractivity contribution in [2.45, 2.75) is 131 Å². The molecule has 0 aromatic heterocycles. The number of fused-ring (bicyclic) bond motifs is 9. The molecule has 0 N–H and O–H groups in total. The minimum Gasteiger partial charge on any atom is -0.334 e. The summed E-state index contributed by atoms with van der Waals surface area (Å²) in [5, 5.41) is 0. The number of hydrogen-bond donors (Lipinski definition) is 0. The van der Waals surface area contributed by atoms with Gasteiger partial charge in [0.2, 0.25) is 0 Å². The predicted octanol–water partition coefficient (Wildman–Crippen LogP) is 14.6. The Kier molecular flexibility index (Phi) is 8.71. The van der Waals surface area contributed by atoms with Crippen LogP contribution in [-0.4, -0.2) is 12.3 Å². The Balaban J connectivity index is 1.11. The van der Waals surface area contributed by atoms with Crippen molar-refractivity contribution < 1.29 is 0 Å². The van der Waals surface area contributed by atoms with Gasteiger partial charge in [0, 0.05) is 50.8 Å². The van der Waals surface area contributed by atoms with Gasteiger partial charge in [0.25, 0.3) is 6.71 Å². The van der Waals surface area contributed by atoms with E-state index in [-0.39, 0.29) is 33.9 Å². The predicted molar refractivity (Wildman–Crippen MR) is 290 cm³/mol. The summed E-state index contributed by atoms with van der Waals surface area (Å²) in [6, 6.07) is 53.2. The van der Waals surface area contributed by atoms with Gasteiger partial charge in [0.05, 0.1) is 11.2 Å². The third-order valence-corrected chi connectivity index (χ3v) is 17.9. The molecule has 0 radical (unpaired) electrons. The fraction of sp³-hybridized carbons (Fsp3) is 0.344. The first-order valence-electron chi connectivity index (χ1n) is 25.7. The number of rotatable bonds is 4. The van der Waals surface area contributed by atoms with Gasteiger partial charge in [-0.2, -0.15) is 0 Å². The van der Waals surface area contributed by atoms with Gasteiger partial charge >= 0.3 is 0 Å². The SMILES string of the molecule is Cc1cc2c3c(c1)N(c1ccc(C(C)(C)C)cc1-c1ccccc1)c1cc(N4c5ccccc5C5(C)CCCC45C)ccc1B3c1cc3c(cc1N2c1ccc2c(c1)CC(C)(C)C2)CC(C)(C)C3. The van der Waals surface area contributed by atoms with E-state index in [0.29, 0.717) is 0 Å². The molecule has 1 saturated carbocycles. The number of aryl methyl sites for hydroxylation is 1. The molecule has 7 aromatic carbocycles. The summed E-state index contributed by atoms with van der Waals surface area (Å²) in [6.45, 7) is 24.3. The van der Waals surface area contributed by atoms with Gasteiger partial charge in [-0.3, -0.25) is 0 Å².